The molecular formula is C12H16F2N2. The van der Waals surface area contributed by atoms with Crippen molar-refractivity contribution >= 4 is 11.4 Å². The van der Waals surface area contributed by atoms with Crippen LogP contribution in [-0.2, 0) is 0 Å². The maximum atomic E-state index is 13.4. The molecule has 2 rings (SSSR count). The summed E-state index contributed by atoms with van der Waals surface area (Å²) >= 11 is 0. The molecule has 0 atom stereocenters. The minimum Gasteiger partial charge on any atom is -0.397 e. The standard InChI is InChI=1S/C12H16F2N2/c13-9-4-5-10(15)12(11(9)14)16-7-6-8-2-1-3-8/h4-5,8,16H,1-3,6-7,15H2. The van der Waals surface area contributed by atoms with Crippen molar-refractivity contribution in [3.8, 4) is 0 Å². The molecule has 0 radical (unpaired) electrons. The summed E-state index contributed by atoms with van der Waals surface area (Å²) in [5, 5.41) is 2.88. The van der Waals surface area contributed by atoms with Gasteiger partial charge in [-0.15, -0.1) is 0 Å². The van der Waals surface area contributed by atoms with E-state index in [4.69, 9.17) is 5.73 Å². The van der Waals surface area contributed by atoms with E-state index in [1.165, 1.54) is 25.3 Å². The van der Waals surface area contributed by atoms with Crippen molar-refractivity contribution in [2.45, 2.75) is 25.7 Å². The first-order valence-corrected chi connectivity index (χ1v) is 5.66. The molecule has 88 valence electrons. The molecule has 1 aromatic carbocycles. The van der Waals surface area contributed by atoms with Gasteiger partial charge in [-0.1, -0.05) is 19.3 Å². The number of benzene rings is 1. The quantitative estimate of drug-likeness (QED) is 0.774. The van der Waals surface area contributed by atoms with Gasteiger partial charge in [-0.2, -0.15) is 0 Å². The number of anilines is 2. The number of hydrogen-bond donors (Lipinski definition) is 2. The first-order valence-electron chi connectivity index (χ1n) is 5.66. The van der Waals surface area contributed by atoms with E-state index in [2.05, 4.69) is 5.32 Å². The molecule has 4 heteroatoms. The average molecular weight is 226 g/mol. The molecule has 0 bridgehead atoms. The smallest absolute Gasteiger partial charge is 0.183 e. The lowest BCUT2D eigenvalue weighted by Crippen LogP contribution is -2.16. The van der Waals surface area contributed by atoms with E-state index in [1.54, 1.807) is 0 Å². The molecule has 0 aliphatic heterocycles. The van der Waals surface area contributed by atoms with Crippen LogP contribution in [0.3, 0.4) is 0 Å². The maximum Gasteiger partial charge on any atom is 0.183 e. The average Bonchev–Trinajstić information content (AvgIpc) is 2.20. The Balaban J connectivity index is 1.94. The van der Waals surface area contributed by atoms with E-state index < -0.39 is 11.6 Å². The van der Waals surface area contributed by atoms with Gasteiger partial charge in [0.05, 0.1) is 11.4 Å². The molecule has 2 nitrogen and oxygen atoms in total. The molecule has 1 aromatic rings. The summed E-state index contributed by atoms with van der Waals surface area (Å²) in [5.74, 6) is -1.00. The Morgan fingerprint density at radius 3 is 2.69 bits per heavy atom. The Labute approximate surface area is 93.8 Å². The Hall–Kier alpha value is -1.32. The largest absolute Gasteiger partial charge is 0.397 e. The number of halogens is 2. The molecule has 1 fully saturated rings. The molecular weight excluding hydrogens is 210 g/mol. The van der Waals surface area contributed by atoms with Crippen LogP contribution in [0.1, 0.15) is 25.7 Å². The second kappa shape index (κ2) is 4.68. The predicted octanol–water partition coefficient (Wildman–Crippen LogP) is 3.15. The van der Waals surface area contributed by atoms with E-state index in [-0.39, 0.29) is 11.4 Å². The van der Waals surface area contributed by atoms with Crippen LogP contribution in [0.4, 0.5) is 20.2 Å². The molecule has 0 saturated heterocycles. The Morgan fingerprint density at radius 1 is 1.31 bits per heavy atom. The normalized spacial score (nSPS) is 15.9. The van der Waals surface area contributed by atoms with Crippen molar-refractivity contribution in [2.75, 3.05) is 17.6 Å². The summed E-state index contributed by atoms with van der Waals surface area (Å²) < 4.78 is 26.3. The summed E-state index contributed by atoms with van der Waals surface area (Å²) in [4.78, 5) is 0. The fraction of sp³-hybridized carbons (Fsp3) is 0.500. The van der Waals surface area contributed by atoms with E-state index in [1.807, 2.05) is 0 Å². The van der Waals surface area contributed by atoms with Gasteiger partial charge in [0.2, 0.25) is 0 Å². The molecule has 0 heterocycles. The van der Waals surface area contributed by atoms with Crippen molar-refractivity contribution in [3.63, 3.8) is 0 Å². The van der Waals surface area contributed by atoms with Crippen LogP contribution in [0.5, 0.6) is 0 Å². The number of nitrogen functional groups attached to an aromatic ring is 1. The van der Waals surface area contributed by atoms with Crippen molar-refractivity contribution < 1.29 is 8.78 Å². The second-order valence-electron chi connectivity index (χ2n) is 4.34. The minimum atomic E-state index is -0.881. The first-order chi connectivity index (χ1) is 7.68. The maximum absolute atomic E-state index is 13.4. The van der Waals surface area contributed by atoms with Gasteiger partial charge in [0.25, 0.3) is 0 Å². The second-order valence-corrected chi connectivity index (χ2v) is 4.34. The van der Waals surface area contributed by atoms with Crippen molar-refractivity contribution in [2.24, 2.45) is 5.92 Å². The Morgan fingerprint density at radius 2 is 2.06 bits per heavy atom. The lowest BCUT2D eigenvalue weighted by molar-refractivity contribution is 0.303. The molecule has 0 unspecified atom stereocenters. The minimum absolute atomic E-state index is 0.0966. The van der Waals surface area contributed by atoms with Crippen LogP contribution in [0, 0.1) is 17.6 Å². The fourth-order valence-electron chi connectivity index (χ4n) is 1.93. The summed E-state index contributed by atoms with van der Waals surface area (Å²) in [5.41, 5.74) is 5.94. The zero-order valence-corrected chi connectivity index (χ0v) is 9.10. The van der Waals surface area contributed by atoms with E-state index in [9.17, 15) is 8.78 Å². The molecule has 0 amide bonds. The van der Waals surface area contributed by atoms with Crippen LogP contribution in [0.25, 0.3) is 0 Å². The topological polar surface area (TPSA) is 38.0 Å². The number of hydrogen-bond acceptors (Lipinski definition) is 2. The van der Waals surface area contributed by atoms with Crippen molar-refractivity contribution in [1.29, 1.82) is 0 Å². The number of rotatable bonds is 4. The third-order valence-corrected chi connectivity index (χ3v) is 3.21. The molecule has 16 heavy (non-hydrogen) atoms. The zero-order chi connectivity index (χ0) is 11.5. The monoisotopic (exact) mass is 226 g/mol. The highest BCUT2D eigenvalue weighted by Gasteiger charge is 2.17. The predicted molar refractivity (Wildman–Crippen MR) is 61.2 cm³/mol. The van der Waals surface area contributed by atoms with Gasteiger partial charge in [0.15, 0.2) is 11.6 Å². The first kappa shape index (κ1) is 11.2. The van der Waals surface area contributed by atoms with Gasteiger partial charge >= 0.3 is 0 Å². The molecule has 1 aliphatic carbocycles. The Kier molecular flexibility index (Phi) is 3.27. The highest BCUT2D eigenvalue weighted by atomic mass is 19.2. The molecule has 1 saturated carbocycles. The lowest BCUT2D eigenvalue weighted by atomic mass is 9.83. The summed E-state index contributed by atoms with van der Waals surface area (Å²) in [6.45, 7) is 0.648. The Bertz CT molecular complexity index is 376. The molecule has 0 aromatic heterocycles. The summed E-state index contributed by atoms with van der Waals surface area (Å²) in [7, 11) is 0. The van der Waals surface area contributed by atoms with Gasteiger partial charge in [-0.3, -0.25) is 0 Å². The third-order valence-electron chi connectivity index (χ3n) is 3.21. The van der Waals surface area contributed by atoms with E-state index >= 15 is 0 Å². The highest BCUT2D eigenvalue weighted by Crippen LogP contribution is 2.30. The fourth-order valence-corrected chi connectivity index (χ4v) is 1.93. The molecule has 3 N–H and O–H groups in total. The van der Waals surface area contributed by atoms with Crippen LogP contribution >= 0.6 is 0 Å². The van der Waals surface area contributed by atoms with Gasteiger partial charge in [0, 0.05) is 6.54 Å². The lowest BCUT2D eigenvalue weighted by Gasteiger charge is -2.25. The van der Waals surface area contributed by atoms with Gasteiger partial charge < -0.3 is 11.1 Å². The number of nitrogens with one attached hydrogen (secondary N) is 1. The van der Waals surface area contributed by atoms with Crippen molar-refractivity contribution in [3.05, 3.63) is 23.8 Å². The number of nitrogens with two attached hydrogens (primary N) is 1. The van der Waals surface area contributed by atoms with E-state index in [0.717, 1.165) is 18.4 Å². The molecule has 1 aliphatic rings. The summed E-state index contributed by atoms with van der Waals surface area (Å²) in [6, 6.07) is 2.42. The van der Waals surface area contributed by atoms with E-state index in [0.29, 0.717) is 6.54 Å². The van der Waals surface area contributed by atoms with Crippen LogP contribution in [0.15, 0.2) is 12.1 Å². The van der Waals surface area contributed by atoms with Crippen LogP contribution in [0.2, 0.25) is 0 Å². The van der Waals surface area contributed by atoms with Gasteiger partial charge in [-0.25, -0.2) is 8.78 Å². The third kappa shape index (κ3) is 2.26. The highest BCUT2D eigenvalue weighted by molar-refractivity contribution is 5.66. The molecule has 0 spiro atoms. The van der Waals surface area contributed by atoms with Crippen LogP contribution in [-0.4, -0.2) is 6.54 Å². The van der Waals surface area contributed by atoms with Crippen LogP contribution < -0.4 is 11.1 Å². The van der Waals surface area contributed by atoms with Gasteiger partial charge in [0.1, 0.15) is 0 Å². The SMILES string of the molecule is Nc1ccc(F)c(F)c1NCCC1CCC1. The van der Waals surface area contributed by atoms with Gasteiger partial charge in [-0.05, 0) is 24.5 Å². The van der Waals surface area contributed by atoms with Crippen molar-refractivity contribution in [1.82, 2.24) is 0 Å². The zero-order valence-electron chi connectivity index (χ0n) is 9.10. The summed E-state index contributed by atoms with van der Waals surface area (Å²) in [6.07, 6.45) is 4.79.